The van der Waals surface area contributed by atoms with Gasteiger partial charge in [0.2, 0.25) is 11.1 Å². The minimum absolute atomic E-state index is 0.154. The van der Waals surface area contributed by atoms with E-state index in [1.165, 1.54) is 11.8 Å². The molecule has 2 heterocycles. The van der Waals surface area contributed by atoms with Gasteiger partial charge in [-0.15, -0.1) is 5.10 Å². The number of aromatic nitrogens is 4. The van der Waals surface area contributed by atoms with Crippen molar-refractivity contribution in [3.05, 3.63) is 16.4 Å². The summed E-state index contributed by atoms with van der Waals surface area (Å²) < 4.78 is 5.21. The van der Waals surface area contributed by atoms with Gasteiger partial charge in [0.05, 0.1) is 18.1 Å². The molecular weight excluding hydrogens is 374 g/mol. The number of carbonyl (C=O) groups is 2. The Balaban J connectivity index is 1.88. The number of aromatic amines is 1. The predicted octanol–water partition coefficient (Wildman–Crippen LogP) is 3.24. The average Bonchev–Trinajstić information content (AvgIpc) is 3.17. The number of esters is 1. The number of carbonyl (C=O) groups excluding carboxylic acids is 2. The summed E-state index contributed by atoms with van der Waals surface area (Å²) in [5.41, 5.74) is 0.544. The molecule has 0 aliphatic heterocycles. The Bertz CT molecular complexity index is 770. The Morgan fingerprint density at radius 2 is 2.00 bits per heavy atom. The number of H-pyrrole nitrogens is 1. The highest BCUT2D eigenvalue weighted by molar-refractivity contribution is 7.99. The van der Waals surface area contributed by atoms with Crippen LogP contribution in [0.1, 0.15) is 54.8 Å². The van der Waals surface area contributed by atoms with E-state index >= 15 is 0 Å². The standard InChI is InChI=1S/C16H23N5O3S2/c1-8(2)6-24-14(23)12-10(5)17-15(26-12)18-11(22)7-25-16-19-13(9(3)4)20-21-16/h8-9H,6-7H2,1-5H3,(H,17,18,22)(H,19,20,21). The zero-order valence-corrected chi connectivity index (χ0v) is 17.1. The van der Waals surface area contributed by atoms with Gasteiger partial charge < -0.3 is 10.1 Å². The number of rotatable bonds is 8. The molecule has 0 saturated carbocycles. The Hall–Kier alpha value is -1.94. The van der Waals surface area contributed by atoms with E-state index in [4.69, 9.17) is 4.74 Å². The predicted molar refractivity (Wildman–Crippen MR) is 102 cm³/mol. The van der Waals surface area contributed by atoms with Crippen LogP contribution in [0.2, 0.25) is 0 Å². The van der Waals surface area contributed by atoms with Gasteiger partial charge in [-0.25, -0.2) is 14.8 Å². The van der Waals surface area contributed by atoms with Gasteiger partial charge in [-0.3, -0.25) is 9.89 Å². The van der Waals surface area contributed by atoms with Crippen molar-refractivity contribution in [2.45, 2.75) is 45.7 Å². The van der Waals surface area contributed by atoms with Gasteiger partial charge in [-0.05, 0) is 12.8 Å². The highest BCUT2D eigenvalue weighted by Gasteiger charge is 2.18. The van der Waals surface area contributed by atoms with Crippen molar-refractivity contribution in [3.63, 3.8) is 0 Å². The molecule has 0 unspecified atom stereocenters. The van der Waals surface area contributed by atoms with Gasteiger partial charge in [-0.2, -0.15) is 0 Å². The molecule has 0 aliphatic rings. The number of thiazole rings is 1. The second-order valence-corrected chi connectivity index (χ2v) is 8.36. The lowest BCUT2D eigenvalue weighted by molar-refractivity contribution is -0.113. The second-order valence-electron chi connectivity index (χ2n) is 6.42. The lowest BCUT2D eigenvalue weighted by Gasteiger charge is -2.05. The zero-order chi connectivity index (χ0) is 19.3. The summed E-state index contributed by atoms with van der Waals surface area (Å²) in [7, 11) is 0. The number of amides is 1. The van der Waals surface area contributed by atoms with Crippen molar-refractivity contribution < 1.29 is 14.3 Å². The molecule has 8 nitrogen and oxygen atoms in total. The maximum absolute atomic E-state index is 12.1. The van der Waals surface area contributed by atoms with Crippen LogP contribution in [-0.4, -0.2) is 44.4 Å². The van der Waals surface area contributed by atoms with E-state index in [1.54, 1.807) is 6.92 Å². The number of nitrogens with one attached hydrogen (secondary N) is 2. The van der Waals surface area contributed by atoms with Crippen LogP contribution in [0.15, 0.2) is 5.16 Å². The van der Waals surface area contributed by atoms with Crippen LogP contribution in [0.5, 0.6) is 0 Å². The first-order chi connectivity index (χ1) is 12.3. The zero-order valence-electron chi connectivity index (χ0n) is 15.5. The molecule has 1 amide bonds. The minimum Gasteiger partial charge on any atom is -0.461 e. The van der Waals surface area contributed by atoms with Gasteiger partial charge in [-0.1, -0.05) is 50.8 Å². The first-order valence-corrected chi connectivity index (χ1v) is 10.1. The van der Waals surface area contributed by atoms with Crippen LogP contribution >= 0.6 is 23.1 Å². The third kappa shape index (κ3) is 5.80. The van der Waals surface area contributed by atoms with Crippen LogP contribution in [0.25, 0.3) is 0 Å². The van der Waals surface area contributed by atoms with Crippen LogP contribution in [0.4, 0.5) is 5.13 Å². The summed E-state index contributed by atoms with van der Waals surface area (Å²) in [6, 6.07) is 0. The Morgan fingerprint density at radius 1 is 1.27 bits per heavy atom. The average molecular weight is 398 g/mol. The van der Waals surface area contributed by atoms with Crippen molar-refractivity contribution in [1.82, 2.24) is 20.2 Å². The molecule has 0 bridgehead atoms. The molecule has 142 valence electrons. The van der Waals surface area contributed by atoms with Gasteiger partial charge in [0.25, 0.3) is 0 Å². The van der Waals surface area contributed by atoms with E-state index in [2.05, 4.69) is 25.5 Å². The molecule has 0 atom stereocenters. The van der Waals surface area contributed by atoms with Crippen molar-refractivity contribution in [2.75, 3.05) is 17.7 Å². The normalized spacial score (nSPS) is 11.2. The lowest BCUT2D eigenvalue weighted by Crippen LogP contribution is -2.13. The van der Waals surface area contributed by atoms with E-state index < -0.39 is 5.97 Å². The van der Waals surface area contributed by atoms with Gasteiger partial charge in [0.1, 0.15) is 10.7 Å². The van der Waals surface area contributed by atoms with Crippen molar-refractivity contribution in [2.24, 2.45) is 5.92 Å². The van der Waals surface area contributed by atoms with Gasteiger partial charge in [0.15, 0.2) is 5.13 Å². The minimum atomic E-state index is -0.412. The van der Waals surface area contributed by atoms with Crippen molar-refractivity contribution in [1.29, 1.82) is 0 Å². The third-order valence-electron chi connectivity index (χ3n) is 3.14. The Morgan fingerprint density at radius 3 is 2.62 bits per heavy atom. The SMILES string of the molecule is Cc1nc(NC(=O)CSc2n[nH]c(C(C)C)n2)sc1C(=O)OCC(C)C. The quantitative estimate of drug-likeness (QED) is 0.520. The molecule has 10 heteroatoms. The molecule has 2 N–H and O–H groups in total. The first-order valence-electron chi connectivity index (χ1n) is 8.25. The van der Waals surface area contributed by atoms with Gasteiger partial charge >= 0.3 is 5.97 Å². The smallest absolute Gasteiger partial charge is 0.350 e. The lowest BCUT2D eigenvalue weighted by atomic mass is 10.2. The largest absolute Gasteiger partial charge is 0.461 e. The van der Waals surface area contributed by atoms with Crippen molar-refractivity contribution >= 4 is 40.1 Å². The van der Waals surface area contributed by atoms with Crippen molar-refractivity contribution in [3.8, 4) is 0 Å². The topological polar surface area (TPSA) is 110 Å². The van der Waals surface area contributed by atoms with E-state index in [9.17, 15) is 9.59 Å². The Labute approximate surface area is 160 Å². The summed E-state index contributed by atoms with van der Waals surface area (Å²) in [6.07, 6.45) is 0. The monoisotopic (exact) mass is 397 g/mol. The van der Waals surface area contributed by atoms with Crippen LogP contribution < -0.4 is 5.32 Å². The molecule has 0 aliphatic carbocycles. The van der Waals surface area contributed by atoms with Gasteiger partial charge in [0, 0.05) is 5.92 Å². The molecule has 2 aromatic heterocycles. The third-order valence-corrected chi connectivity index (χ3v) is 5.04. The maximum Gasteiger partial charge on any atom is 0.350 e. The highest BCUT2D eigenvalue weighted by atomic mass is 32.2. The summed E-state index contributed by atoms with van der Waals surface area (Å²) >= 11 is 2.35. The fourth-order valence-electron chi connectivity index (χ4n) is 1.81. The van der Waals surface area contributed by atoms with E-state index in [-0.39, 0.29) is 23.5 Å². The molecule has 0 saturated heterocycles. The van der Waals surface area contributed by atoms with Crippen LogP contribution in [-0.2, 0) is 9.53 Å². The first kappa shape index (κ1) is 20.4. The molecule has 2 rings (SSSR count). The Kier molecular flexibility index (Phi) is 7.15. The number of nitrogens with zero attached hydrogens (tertiary/aromatic N) is 3. The summed E-state index contributed by atoms with van der Waals surface area (Å²) in [5, 5.41) is 10.5. The molecule has 0 radical (unpaired) electrons. The summed E-state index contributed by atoms with van der Waals surface area (Å²) in [6.45, 7) is 10.0. The molecule has 2 aromatic rings. The number of thioether (sulfide) groups is 1. The van der Waals surface area contributed by atoms with E-state index in [0.717, 1.165) is 17.2 Å². The van der Waals surface area contributed by atoms with E-state index in [1.807, 2.05) is 27.7 Å². The highest BCUT2D eigenvalue weighted by Crippen LogP contribution is 2.24. The van der Waals surface area contributed by atoms with E-state index in [0.29, 0.717) is 27.5 Å². The number of hydrogen-bond acceptors (Lipinski definition) is 8. The number of anilines is 1. The number of aryl methyl sites for hydroxylation is 1. The molecular formula is C16H23N5O3S2. The fourth-order valence-corrected chi connectivity index (χ4v) is 3.30. The van der Waals surface area contributed by atoms with Crippen LogP contribution in [0, 0.1) is 12.8 Å². The molecule has 0 spiro atoms. The summed E-state index contributed by atoms with van der Waals surface area (Å²) in [5.74, 6) is 0.801. The molecule has 0 aromatic carbocycles. The second kappa shape index (κ2) is 9.13. The maximum atomic E-state index is 12.1. The summed E-state index contributed by atoms with van der Waals surface area (Å²) in [4.78, 5) is 33.1. The van der Waals surface area contributed by atoms with Crippen LogP contribution in [0.3, 0.4) is 0 Å². The molecule has 26 heavy (non-hydrogen) atoms. The number of ether oxygens (including phenoxy) is 1. The molecule has 0 fully saturated rings. The fraction of sp³-hybridized carbons (Fsp3) is 0.562. The number of hydrogen-bond donors (Lipinski definition) is 2.